The van der Waals surface area contributed by atoms with Crippen LogP contribution in [0.4, 0.5) is 4.79 Å². The summed E-state index contributed by atoms with van der Waals surface area (Å²) in [6, 6.07) is 8.40. The van der Waals surface area contributed by atoms with Crippen LogP contribution in [0.25, 0.3) is 0 Å². The molecule has 0 aliphatic carbocycles. The topological polar surface area (TPSA) is 150 Å². The number of nitrogens with one attached hydrogen (secondary N) is 2. The molecule has 2 bridgehead atoms. The largest absolute Gasteiger partial charge is 0.491 e. The molecule has 3 aliphatic rings. The van der Waals surface area contributed by atoms with Gasteiger partial charge < -0.3 is 34.8 Å². The molecule has 1 fully saturated rings. The van der Waals surface area contributed by atoms with Gasteiger partial charge >= 0.3 is 6.09 Å². The fraction of sp³-hybridized carbons (Fsp3) is 0.500. The monoisotopic (exact) mass is 622 g/mol. The fourth-order valence-corrected chi connectivity index (χ4v) is 5.33. The maximum atomic E-state index is 13.5. The Morgan fingerprint density at radius 2 is 1.71 bits per heavy atom. The highest BCUT2D eigenvalue weighted by atomic mass is 16.6. The summed E-state index contributed by atoms with van der Waals surface area (Å²) < 4.78 is 11.4. The van der Waals surface area contributed by atoms with Crippen molar-refractivity contribution < 1.29 is 33.4 Å². The molecule has 2 N–H and O–H groups in total. The van der Waals surface area contributed by atoms with E-state index in [0.717, 1.165) is 5.56 Å². The molecule has 0 saturated carbocycles. The molecule has 1 saturated heterocycles. The van der Waals surface area contributed by atoms with Crippen molar-refractivity contribution in [2.24, 2.45) is 0 Å². The Balaban J connectivity index is 1.53. The molecule has 1 aromatic carbocycles. The Morgan fingerprint density at radius 3 is 2.38 bits per heavy atom. The van der Waals surface area contributed by atoms with E-state index in [9.17, 15) is 24.0 Å². The highest BCUT2D eigenvalue weighted by Gasteiger charge is 2.38. The van der Waals surface area contributed by atoms with Crippen LogP contribution in [0.2, 0.25) is 0 Å². The Kier molecular flexibility index (Phi) is 10.6. The lowest BCUT2D eigenvalue weighted by Gasteiger charge is -2.29. The zero-order valence-electron chi connectivity index (χ0n) is 26.4. The van der Waals surface area contributed by atoms with Gasteiger partial charge in [-0.25, -0.2) is 4.79 Å². The van der Waals surface area contributed by atoms with Crippen LogP contribution in [0.5, 0.6) is 5.75 Å². The number of ether oxygens (including phenoxy) is 2. The second-order valence-corrected chi connectivity index (χ2v) is 12.4. The first-order valence-corrected chi connectivity index (χ1v) is 15.0. The maximum Gasteiger partial charge on any atom is 0.407 e. The molecule has 1 aromatic heterocycles. The van der Waals surface area contributed by atoms with E-state index < -0.39 is 23.6 Å². The van der Waals surface area contributed by atoms with Gasteiger partial charge in [-0.1, -0.05) is 0 Å². The van der Waals surface area contributed by atoms with Crippen molar-refractivity contribution in [3.05, 3.63) is 59.9 Å². The van der Waals surface area contributed by atoms with Crippen LogP contribution in [-0.2, 0) is 25.7 Å². The zero-order chi connectivity index (χ0) is 32.7. The summed E-state index contributed by atoms with van der Waals surface area (Å²) in [6.45, 7) is 5.72. The van der Waals surface area contributed by atoms with Crippen LogP contribution >= 0.6 is 0 Å². The van der Waals surface area contributed by atoms with Gasteiger partial charge in [0.2, 0.25) is 17.7 Å². The Hall–Kier alpha value is -4.68. The molecule has 4 heterocycles. The molecule has 13 nitrogen and oxygen atoms in total. The van der Waals surface area contributed by atoms with Crippen molar-refractivity contribution in [3.63, 3.8) is 0 Å². The van der Waals surface area contributed by atoms with Gasteiger partial charge in [-0.2, -0.15) is 0 Å². The molecule has 5 amide bonds. The second-order valence-electron chi connectivity index (χ2n) is 12.4. The third kappa shape index (κ3) is 9.16. The first kappa shape index (κ1) is 33.2. The van der Waals surface area contributed by atoms with Crippen LogP contribution in [-0.4, -0.2) is 107 Å². The van der Waals surface area contributed by atoms with Gasteiger partial charge in [0, 0.05) is 51.6 Å². The number of amides is 5. The lowest BCUT2D eigenvalue weighted by Crippen LogP contribution is -2.48. The Bertz CT molecular complexity index is 1380. The lowest BCUT2D eigenvalue weighted by atomic mass is 10.1. The second kappa shape index (κ2) is 14.4. The number of carbonyl (C=O) groups excluding carboxylic acids is 5. The van der Waals surface area contributed by atoms with E-state index >= 15 is 0 Å². The van der Waals surface area contributed by atoms with Crippen LogP contribution < -0.4 is 15.4 Å². The zero-order valence-corrected chi connectivity index (χ0v) is 26.4. The molecule has 0 radical (unpaired) electrons. The third-order valence-electron chi connectivity index (χ3n) is 7.74. The van der Waals surface area contributed by atoms with Gasteiger partial charge in [-0.3, -0.25) is 24.2 Å². The molecule has 5 rings (SSSR count). The number of alkyl carbamates (subject to hydrolysis) is 1. The predicted octanol–water partition coefficient (Wildman–Crippen LogP) is 1.96. The number of benzene rings is 1. The van der Waals surface area contributed by atoms with E-state index in [1.165, 1.54) is 23.9 Å². The summed E-state index contributed by atoms with van der Waals surface area (Å²) in [7, 11) is 3.06. The summed E-state index contributed by atoms with van der Waals surface area (Å²) in [4.78, 5) is 74.1. The van der Waals surface area contributed by atoms with E-state index in [2.05, 4.69) is 15.6 Å². The van der Waals surface area contributed by atoms with Gasteiger partial charge in [0.05, 0.1) is 18.6 Å². The number of pyridine rings is 1. The summed E-state index contributed by atoms with van der Waals surface area (Å²) >= 11 is 0. The summed E-state index contributed by atoms with van der Waals surface area (Å²) in [5.74, 6) is -0.945. The highest BCUT2D eigenvalue weighted by molar-refractivity contribution is 5.97. The summed E-state index contributed by atoms with van der Waals surface area (Å²) in [5, 5.41) is 5.70. The van der Waals surface area contributed by atoms with Crippen LogP contribution in [0.1, 0.15) is 56.0 Å². The third-order valence-corrected chi connectivity index (χ3v) is 7.74. The van der Waals surface area contributed by atoms with Gasteiger partial charge in [0.15, 0.2) is 0 Å². The fourth-order valence-electron chi connectivity index (χ4n) is 5.33. The standard InChI is InChI=1S/C32H42N6O7/c1-32(2,3)45-31(43)35-23-16-24-20-44-25-8-6-22(7-9-25)30(42)37(5)26(29(41)34-17-21-12-14-33-15-13-21)10-11-27(39)36(4)19-28(40)38(24)18-23/h6-9,12-15,23-24,26H,10-11,16-20H2,1-5H3,(H,34,41)(H,35,43)/t23-,24+,26+/m1/s1. The number of hydrogen-bond acceptors (Lipinski definition) is 8. The first-order chi connectivity index (χ1) is 21.3. The molecule has 0 spiro atoms. The van der Waals surface area contributed by atoms with Crippen LogP contribution in [0.3, 0.4) is 0 Å². The van der Waals surface area contributed by atoms with E-state index in [1.807, 2.05) is 0 Å². The number of likely N-dealkylation sites (N-methyl/N-ethyl adjacent to an activating group) is 2. The quantitative estimate of drug-likeness (QED) is 0.526. The van der Waals surface area contributed by atoms with Crippen molar-refractivity contribution >= 4 is 29.7 Å². The molecule has 2 aromatic rings. The van der Waals surface area contributed by atoms with Gasteiger partial charge in [0.25, 0.3) is 5.91 Å². The molecule has 3 aliphatic heterocycles. The summed E-state index contributed by atoms with van der Waals surface area (Å²) in [6.07, 6.45) is 3.08. The van der Waals surface area contributed by atoms with E-state index in [-0.39, 0.29) is 68.9 Å². The Labute approximate surface area is 263 Å². The molecule has 45 heavy (non-hydrogen) atoms. The number of carbonyl (C=O) groups is 5. The number of rotatable bonds is 4. The predicted molar refractivity (Wildman–Crippen MR) is 164 cm³/mol. The highest BCUT2D eigenvalue weighted by Crippen LogP contribution is 2.23. The van der Waals surface area contributed by atoms with Crippen molar-refractivity contribution in [1.82, 2.24) is 30.3 Å². The minimum Gasteiger partial charge on any atom is -0.491 e. The van der Waals surface area contributed by atoms with E-state index in [1.54, 1.807) is 74.5 Å². The van der Waals surface area contributed by atoms with Gasteiger partial charge in [-0.05, 0) is 75.6 Å². The molecule has 242 valence electrons. The smallest absolute Gasteiger partial charge is 0.407 e. The summed E-state index contributed by atoms with van der Waals surface area (Å²) in [5.41, 5.74) is 0.516. The molecule has 0 unspecified atom stereocenters. The van der Waals surface area contributed by atoms with E-state index in [4.69, 9.17) is 9.47 Å². The number of hydrogen-bond donors (Lipinski definition) is 2. The average Bonchev–Trinajstić information content (AvgIpc) is 3.40. The van der Waals surface area contributed by atoms with Crippen molar-refractivity contribution in [3.8, 4) is 5.75 Å². The SMILES string of the molecule is CN1CC(=O)N2C[C@H](NC(=O)OC(C)(C)C)C[C@H]2COc2ccc(cc2)C(=O)N(C)[C@H](C(=O)NCc2ccncc2)CCC1=O. The number of aromatic nitrogens is 1. The maximum absolute atomic E-state index is 13.5. The van der Waals surface area contributed by atoms with Gasteiger partial charge in [0.1, 0.15) is 24.0 Å². The molecular formula is C32H42N6O7. The molecular weight excluding hydrogens is 580 g/mol. The van der Waals surface area contributed by atoms with Crippen molar-refractivity contribution in [1.29, 1.82) is 0 Å². The van der Waals surface area contributed by atoms with Crippen LogP contribution in [0.15, 0.2) is 48.8 Å². The average molecular weight is 623 g/mol. The molecule has 3 atom stereocenters. The van der Waals surface area contributed by atoms with Gasteiger partial charge in [-0.15, -0.1) is 0 Å². The van der Waals surface area contributed by atoms with Crippen molar-refractivity contribution in [2.45, 2.75) is 70.3 Å². The minimum absolute atomic E-state index is 0.0528. The minimum atomic E-state index is -0.943. The first-order valence-electron chi connectivity index (χ1n) is 15.0. The van der Waals surface area contributed by atoms with Crippen molar-refractivity contribution in [2.75, 3.05) is 33.8 Å². The van der Waals surface area contributed by atoms with Crippen LogP contribution in [0, 0.1) is 0 Å². The normalized spacial score (nSPS) is 21.6. The number of nitrogens with zero attached hydrogens (tertiary/aromatic N) is 4. The molecule has 13 heteroatoms. The Morgan fingerprint density at radius 1 is 1.02 bits per heavy atom. The lowest BCUT2D eigenvalue weighted by molar-refractivity contribution is -0.140. The van der Waals surface area contributed by atoms with E-state index in [0.29, 0.717) is 17.7 Å². The number of fused-ring (bicyclic) bond motifs is 11.